The molecule has 2 atom stereocenters. The second-order valence-electron chi connectivity index (χ2n) is 5.11. The molecule has 0 radical (unpaired) electrons. The van der Waals surface area contributed by atoms with E-state index in [4.69, 9.17) is 9.47 Å². The van der Waals surface area contributed by atoms with E-state index in [1.54, 1.807) is 44.2 Å². The third-order valence-corrected chi connectivity index (χ3v) is 3.83. The van der Waals surface area contributed by atoms with Gasteiger partial charge in [-0.05, 0) is 31.5 Å². The molecule has 110 valence electrons. The van der Waals surface area contributed by atoms with Crippen molar-refractivity contribution in [3.8, 4) is 11.5 Å². The largest absolute Gasteiger partial charge is 0.497 e. The lowest BCUT2D eigenvalue weighted by Crippen LogP contribution is -2.30. The van der Waals surface area contributed by atoms with Gasteiger partial charge in [-0.1, -0.05) is 0 Å². The van der Waals surface area contributed by atoms with Crippen LogP contribution in [0.2, 0.25) is 0 Å². The van der Waals surface area contributed by atoms with Crippen molar-refractivity contribution in [2.75, 3.05) is 27.3 Å². The normalized spacial score (nSPS) is 19.8. The third kappa shape index (κ3) is 2.88. The Morgan fingerprint density at radius 3 is 2.70 bits per heavy atom. The Bertz CT molecular complexity index is 487. The lowest BCUT2D eigenvalue weighted by atomic mass is 10.0. The van der Waals surface area contributed by atoms with Crippen LogP contribution in [0, 0.1) is 5.92 Å². The van der Waals surface area contributed by atoms with E-state index >= 15 is 0 Å². The second-order valence-corrected chi connectivity index (χ2v) is 5.11. The predicted molar refractivity (Wildman–Crippen MR) is 75.2 cm³/mol. The Labute approximate surface area is 119 Å². The molecule has 2 rings (SSSR count). The van der Waals surface area contributed by atoms with Gasteiger partial charge in [0.25, 0.3) is 5.91 Å². The molecule has 0 aromatic heterocycles. The zero-order valence-electron chi connectivity index (χ0n) is 12.1. The first-order valence-electron chi connectivity index (χ1n) is 6.76. The number of aliphatic hydroxyl groups excluding tert-OH is 1. The molecule has 1 aromatic rings. The summed E-state index contributed by atoms with van der Waals surface area (Å²) in [7, 11) is 3.11. The maximum absolute atomic E-state index is 12.6. The average Bonchev–Trinajstić information content (AvgIpc) is 2.95. The van der Waals surface area contributed by atoms with Crippen molar-refractivity contribution in [2.45, 2.75) is 19.4 Å². The van der Waals surface area contributed by atoms with Crippen LogP contribution in [-0.4, -0.2) is 49.3 Å². The molecule has 2 unspecified atom stereocenters. The van der Waals surface area contributed by atoms with Gasteiger partial charge in [-0.2, -0.15) is 0 Å². The number of nitrogens with zero attached hydrogens (tertiary/aromatic N) is 1. The lowest BCUT2D eigenvalue weighted by Gasteiger charge is -2.19. The number of hydrogen-bond acceptors (Lipinski definition) is 4. The molecule has 20 heavy (non-hydrogen) atoms. The van der Waals surface area contributed by atoms with Crippen LogP contribution in [0.5, 0.6) is 11.5 Å². The highest BCUT2D eigenvalue weighted by Crippen LogP contribution is 2.28. The van der Waals surface area contributed by atoms with Gasteiger partial charge in [0.1, 0.15) is 11.5 Å². The van der Waals surface area contributed by atoms with E-state index in [1.165, 1.54) is 0 Å². The Morgan fingerprint density at radius 2 is 2.15 bits per heavy atom. The monoisotopic (exact) mass is 279 g/mol. The van der Waals surface area contributed by atoms with Gasteiger partial charge in [-0.25, -0.2) is 0 Å². The summed E-state index contributed by atoms with van der Waals surface area (Å²) in [6.45, 7) is 3.01. The Morgan fingerprint density at radius 1 is 1.40 bits per heavy atom. The molecule has 1 fully saturated rings. The number of likely N-dealkylation sites (tertiary alicyclic amines) is 1. The SMILES string of the molecule is COc1ccc(OC)c(C(=O)N2CCC(C(C)O)C2)c1. The number of rotatable bonds is 4. The van der Waals surface area contributed by atoms with Crippen molar-refractivity contribution in [3.05, 3.63) is 23.8 Å². The highest BCUT2D eigenvalue weighted by molar-refractivity contribution is 5.97. The summed E-state index contributed by atoms with van der Waals surface area (Å²) in [6, 6.07) is 5.18. The number of ether oxygens (including phenoxy) is 2. The molecular formula is C15H21NO4. The fourth-order valence-electron chi connectivity index (χ4n) is 2.52. The summed E-state index contributed by atoms with van der Waals surface area (Å²) in [4.78, 5) is 14.3. The van der Waals surface area contributed by atoms with Crippen molar-refractivity contribution < 1.29 is 19.4 Å². The van der Waals surface area contributed by atoms with E-state index in [1.807, 2.05) is 0 Å². The van der Waals surface area contributed by atoms with Gasteiger partial charge in [0, 0.05) is 19.0 Å². The first-order valence-corrected chi connectivity index (χ1v) is 6.76. The van der Waals surface area contributed by atoms with E-state index in [2.05, 4.69) is 0 Å². The highest BCUT2D eigenvalue weighted by Gasteiger charge is 2.30. The van der Waals surface area contributed by atoms with Gasteiger partial charge in [0.15, 0.2) is 0 Å². The quantitative estimate of drug-likeness (QED) is 0.908. The first kappa shape index (κ1) is 14.7. The molecular weight excluding hydrogens is 258 g/mol. The number of amides is 1. The second kappa shape index (κ2) is 6.13. The number of hydrogen-bond donors (Lipinski definition) is 1. The van der Waals surface area contributed by atoms with Crippen molar-refractivity contribution in [1.82, 2.24) is 4.90 Å². The standard InChI is InChI=1S/C15H21NO4/c1-10(17)11-6-7-16(9-11)15(18)13-8-12(19-2)4-5-14(13)20-3/h4-5,8,10-11,17H,6-7,9H2,1-3H3. The molecule has 1 saturated heterocycles. The molecule has 0 aliphatic carbocycles. The van der Waals surface area contributed by atoms with Crippen LogP contribution >= 0.6 is 0 Å². The number of carbonyl (C=O) groups is 1. The maximum atomic E-state index is 12.6. The van der Waals surface area contributed by atoms with Gasteiger partial charge in [-0.3, -0.25) is 4.79 Å². The number of aliphatic hydroxyl groups is 1. The molecule has 1 N–H and O–H groups in total. The minimum Gasteiger partial charge on any atom is -0.497 e. The summed E-state index contributed by atoms with van der Waals surface area (Å²) < 4.78 is 10.4. The van der Waals surface area contributed by atoms with E-state index in [9.17, 15) is 9.90 Å². The third-order valence-electron chi connectivity index (χ3n) is 3.83. The van der Waals surface area contributed by atoms with E-state index in [-0.39, 0.29) is 17.9 Å². The van der Waals surface area contributed by atoms with Crippen molar-refractivity contribution in [1.29, 1.82) is 0 Å². The molecule has 0 bridgehead atoms. The molecule has 0 saturated carbocycles. The van der Waals surface area contributed by atoms with Crippen LogP contribution in [-0.2, 0) is 0 Å². The van der Waals surface area contributed by atoms with Crippen LogP contribution in [0.4, 0.5) is 0 Å². The highest BCUT2D eigenvalue weighted by atomic mass is 16.5. The molecule has 0 spiro atoms. The lowest BCUT2D eigenvalue weighted by molar-refractivity contribution is 0.0759. The van der Waals surface area contributed by atoms with E-state index in [0.29, 0.717) is 30.2 Å². The van der Waals surface area contributed by atoms with Crippen LogP contribution < -0.4 is 9.47 Å². The van der Waals surface area contributed by atoms with Crippen molar-refractivity contribution in [3.63, 3.8) is 0 Å². The van der Waals surface area contributed by atoms with E-state index < -0.39 is 0 Å². The molecule has 5 heteroatoms. The van der Waals surface area contributed by atoms with Gasteiger partial charge < -0.3 is 19.5 Å². The molecule has 1 amide bonds. The summed E-state index contributed by atoms with van der Waals surface area (Å²) in [5.74, 6) is 1.23. The molecule has 1 heterocycles. The Hall–Kier alpha value is -1.75. The summed E-state index contributed by atoms with van der Waals surface area (Å²) in [6.07, 6.45) is 0.440. The maximum Gasteiger partial charge on any atom is 0.257 e. The number of carbonyl (C=O) groups excluding carboxylic acids is 1. The smallest absolute Gasteiger partial charge is 0.257 e. The molecule has 1 aliphatic heterocycles. The Kier molecular flexibility index (Phi) is 4.49. The van der Waals surface area contributed by atoms with Crippen molar-refractivity contribution >= 4 is 5.91 Å². The van der Waals surface area contributed by atoms with Crippen LogP contribution in [0.15, 0.2) is 18.2 Å². The molecule has 5 nitrogen and oxygen atoms in total. The number of methoxy groups -OCH3 is 2. The summed E-state index contributed by atoms with van der Waals surface area (Å²) in [5.41, 5.74) is 0.498. The Balaban J connectivity index is 2.20. The minimum atomic E-state index is -0.389. The van der Waals surface area contributed by atoms with Gasteiger partial charge >= 0.3 is 0 Å². The fourth-order valence-corrected chi connectivity index (χ4v) is 2.52. The summed E-state index contributed by atoms with van der Waals surface area (Å²) >= 11 is 0. The topological polar surface area (TPSA) is 59.0 Å². The summed E-state index contributed by atoms with van der Waals surface area (Å²) in [5, 5.41) is 9.62. The zero-order chi connectivity index (χ0) is 14.7. The van der Waals surface area contributed by atoms with Crippen LogP contribution in [0.3, 0.4) is 0 Å². The van der Waals surface area contributed by atoms with Gasteiger partial charge in [-0.15, -0.1) is 0 Å². The van der Waals surface area contributed by atoms with E-state index in [0.717, 1.165) is 6.42 Å². The van der Waals surface area contributed by atoms with Crippen LogP contribution in [0.25, 0.3) is 0 Å². The molecule has 1 aromatic carbocycles. The van der Waals surface area contributed by atoms with Crippen LogP contribution in [0.1, 0.15) is 23.7 Å². The predicted octanol–water partition coefficient (Wildman–Crippen LogP) is 1.55. The zero-order valence-corrected chi connectivity index (χ0v) is 12.1. The first-order chi connectivity index (χ1) is 9.56. The average molecular weight is 279 g/mol. The van der Waals surface area contributed by atoms with Gasteiger partial charge in [0.2, 0.25) is 0 Å². The minimum absolute atomic E-state index is 0.0797. The fraction of sp³-hybridized carbons (Fsp3) is 0.533. The number of benzene rings is 1. The molecule has 1 aliphatic rings. The van der Waals surface area contributed by atoms with Crippen molar-refractivity contribution in [2.24, 2.45) is 5.92 Å². The van der Waals surface area contributed by atoms with Gasteiger partial charge in [0.05, 0.1) is 25.9 Å².